The second kappa shape index (κ2) is 15.6. The highest BCUT2D eigenvalue weighted by Crippen LogP contribution is 2.29. The number of aliphatic hydroxyl groups is 14. The molecule has 264 valence electrons. The van der Waals surface area contributed by atoms with E-state index in [9.17, 15) is 71.5 Å². The van der Waals surface area contributed by atoms with E-state index in [4.69, 9.17) is 33.2 Å². The van der Waals surface area contributed by atoms with E-state index in [0.717, 1.165) is 0 Å². The molecule has 20 atom stereocenters. The van der Waals surface area contributed by atoms with Gasteiger partial charge in [0, 0.05) is 0 Å². The van der Waals surface area contributed by atoms with E-state index < -0.39 is 149 Å². The maximum atomic E-state index is 10.4. The molecule has 21 heteroatoms. The fourth-order valence-corrected chi connectivity index (χ4v) is 5.23. The van der Waals surface area contributed by atoms with Crippen molar-refractivity contribution in [3.8, 4) is 0 Å². The van der Waals surface area contributed by atoms with Crippen LogP contribution in [0.4, 0.5) is 0 Å². The molecule has 0 saturated carbocycles. The third-order valence-electron chi connectivity index (χ3n) is 8.15. The molecule has 21 nitrogen and oxygen atoms in total. The molecule has 4 aliphatic heterocycles. The van der Waals surface area contributed by atoms with Crippen LogP contribution in [0.25, 0.3) is 0 Å². The van der Waals surface area contributed by atoms with Gasteiger partial charge in [0.2, 0.25) is 0 Å². The highest BCUT2D eigenvalue weighted by atomic mass is 16.7. The standard InChI is InChI=1S/C24H42O21/c25-1-5-9(26)14(31)18(35)22(43-5)40-3-7-11(28)16(33)20(37)24(45-7)41-4-8-12(29)15(32)19(36)23(44-8)39-2-6-10(27)13(30)17(34)21(38)42-6/h5-38H,1-4H2/t5-,6-,7-,8-,9-,10-,11-,12-,13+,14+,15+,16+,17+,18-,19-,20-,21+,22-,23-,24-/m1/s1. The molecular weight excluding hydrogens is 624 g/mol. The molecule has 0 aliphatic carbocycles. The summed E-state index contributed by atoms with van der Waals surface area (Å²) >= 11 is 0. The summed E-state index contributed by atoms with van der Waals surface area (Å²) in [4.78, 5) is 0. The van der Waals surface area contributed by atoms with Crippen molar-refractivity contribution in [2.75, 3.05) is 26.4 Å². The van der Waals surface area contributed by atoms with Crippen LogP contribution in [0.15, 0.2) is 0 Å². The average Bonchev–Trinajstić information content (AvgIpc) is 3.02. The summed E-state index contributed by atoms with van der Waals surface area (Å²) in [6.45, 7) is -2.67. The first kappa shape index (κ1) is 37.0. The predicted molar refractivity (Wildman–Crippen MR) is 134 cm³/mol. The zero-order chi connectivity index (χ0) is 33.3. The molecular formula is C24H42O21. The van der Waals surface area contributed by atoms with Gasteiger partial charge in [0.25, 0.3) is 0 Å². The number of aliphatic hydroxyl groups excluding tert-OH is 14. The van der Waals surface area contributed by atoms with Gasteiger partial charge >= 0.3 is 0 Å². The van der Waals surface area contributed by atoms with Gasteiger partial charge in [-0.25, -0.2) is 0 Å². The van der Waals surface area contributed by atoms with Gasteiger partial charge in [0.15, 0.2) is 25.2 Å². The number of hydrogen-bond donors (Lipinski definition) is 14. The van der Waals surface area contributed by atoms with Crippen molar-refractivity contribution in [2.24, 2.45) is 0 Å². The van der Waals surface area contributed by atoms with Gasteiger partial charge in [-0.2, -0.15) is 0 Å². The lowest BCUT2D eigenvalue weighted by Crippen LogP contribution is -2.63. The van der Waals surface area contributed by atoms with Crippen LogP contribution in [0, 0.1) is 0 Å². The maximum absolute atomic E-state index is 10.4. The zero-order valence-corrected chi connectivity index (χ0v) is 23.5. The van der Waals surface area contributed by atoms with Crippen molar-refractivity contribution in [2.45, 2.75) is 123 Å². The molecule has 4 heterocycles. The van der Waals surface area contributed by atoms with Gasteiger partial charge in [-0.3, -0.25) is 0 Å². The van der Waals surface area contributed by atoms with Crippen molar-refractivity contribution >= 4 is 0 Å². The lowest BCUT2D eigenvalue weighted by atomic mass is 9.98. The van der Waals surface area contributed by atoms with E-state index >= 15 is 0 Å². The van der Waals surface area contributed by atoms with Crippen LogP contribution in [0.2, 0.25) is 0 Å². The van der Waals surface area contributed by atoms with Gasteiger partial charge in [-0.05, 0) is 0 Å². The van der Waals surface area contributed by atoms with Gasteiger partial charge in [-0.15, -0.1) is 0 Å². The fourth-order valence-electron chi connectivity index (χ4n) is 5.23. The van der Waals surface area contributed by atoms with E-state index in [0.29, 0.717) is 0 Å². The molecule has 14 N–H and O–H groups in total. The van der Waals surface area contributed by atoms with Gasteiger partial charge in [0.1, 0.15) is 97.7 Å². The third kappa shape index (κ3) is 7.91. The van der Waals surface area contributed by atoms with Gasteiger partial charge < -0.3 is 105 Å². The topological polar surface area (TPSA) is 348 Å². The van der Waals surface area contributed by atoms with Crippen molar-refractivity contribution in [3.05, 3.63) is 0 Å². The first-order valence-electron chi connectivity index (χ1n) is 14.1. The zero-order valence-electron chi connectivity index (χ0n) is 23.5. The predicted octanol–water partition coefficient (Wildman–Crippen LogP) is -9.75. The minimum atomic E-state index is -1.88. The second-order valence-corrected chi connectivity index (χ2v) is 11.3. The van der Waals surface area contributed by atoms with Crippen LogP contribution in [0.3, 0.4) is 0 Å². The Balaban J connectivity index is 1.33. The smallest absolute Gasteiger partial charge is 0.186 e. The van der Waals surface area contributed by atoms with E-state index in [-0.39, 0.29) is 0 Å². The third-order valence-corrected chi connectivity index (χ3v) is 8.15. The van der Waals surface area contributed by atoms with Crippen molar-refractivity contribution in [3.63, 3.8) is 0 Å². The van der Waals surface area contributed by atoms with E-state index in [2.05, 4.69) is 0 Å². The van der Waals surface area contributed by atoms with Crippen LogP contribution in [-0.2, 0) is 33.2 Å². The maximum Gasteiger partial charge on any atom is 0.186 e. The SMILES string of the molecule is OC[C@H]1O[C@@H](OC[C@H]2O[C@@H](OC[C@H]3O[C@@H](OC[C@H]4O[C@H](O)[C@@H](O)[C@@H](O)[C@@H]4O)[C@H](O)[C@@H](O)[C@@H]3O)[C@H](O)[C@@H](O)[C@@H]2O)[C@H](O)[C@@H](O)[C@@H]1O. The number of rotatable bonds is 10. The van der Waals surface area contributed by atoms with Crippen LogP contribution >= 0.6 is 0 Å². The van der Waals surface area contributed by atoms with E-state index in [1.54, 1.807) is 0 Å². The van der Waals surface area contributed by atoms with Crippen molar-refractivity contribution < 1.29 is 105 Å². The van der Waals surface area contributed by atoms with Crippen LogP contribution in [0.1, 0.15) is 0 Å². The molecule has 0 aromatic heterocycles. The van der Waals surface area contributed by atoms with Gasteiger partial charge in [-0.1, -0.05) is 0 Å². The molecule has 0 amide bonds. The van der Waals surface area contributed by atoms with Crippen LogP contribution in [0.5, 0.6) is 0 Å². The van der Waals surface area contributed by atoms with Crippen LogP contribution < -0.4 is 0 Å². The van der Waals surface area contributed by atoms with Crippen molar-refractivity contribution in [1.29, 1.82) is 0 Å². The molecule has 0 aromatic carbocycles. The lowest BCUT2D eigenvalue weighted by Gasteiger charge is -2.44. The van der Waals surface area contributed by atoms with E-state index in [1.165, 1.54) is 0 Å². The molecule has 45 heavy (non-hydrogen) atoms. The van der Waals surface area contributed by atoms with E-state index in [1.807, 2.05) is 0 Å². The summed E-state index contributed by atoms with van der Waals surface area (Å²) < 4.78 is 37.2. The summed E-state index contributed by atoms with van der Waals surface area (Å²) in [6, 6.07) is 0. The first-order chi connectivity index (χ1) is 21.2. The number of ether oxygens (including phenoxy) is 7. The Labute approximate surface area is 254 Å². The minimum Gasteiger partial charge on any atom is -0.394 e. The average molecular weight is 667 g/mol. The highest BCUT2D eigenvalue weighted by molar-refractivity contribution is 4.94. The fraction of sp³-hybridized carbons (Fsp3) is 1.00. The summed E-state index contributed by atoms with van der Waals surface area (Å²) in [5.74, 6) is 0. The summed E-state index contributed by atoms with van der Waals surface area (Å²) in [7, 11) is 0. The molecule has 4 aliphatic rings. The monoisotopic (exact) mass is 666 g/mol. The number of hydrogen-bond acceptors (Lipinski definition) is 21. The molecule has 4 fully saturated rings. The van der Waals surface area contributed by atoms with Crippen LogP contribution in [-0.4, -0.2) is 221 Å². The second-order valence-electron chi connectivity index (χ2n) is 11.3. The minimum absolute atomic E-state index is 0.633. The Bertz CT molecular complexity index is 916. The summed E-state index contributed by atoms with van der Waals surface area (Å²) in [6.07, 6.45) is -34.1. The Morgan fingerprint density at radius 2 is 0.622 bits per heavy atom. The molecule has 0 spiro atoms. The first-order valence-corrected chi connectivity index (χ1v) is 14.1. The Morgan fingerprint density at radius 3 is 0.978 bits per heavy atom. The highest BCUT2D eigenvalue weighted by Gasteiger charge is 2.50. The molecule has 0 aromatic rings. The molecule has 4 saturated heterocycles. The summed E-state index contributed by atoms with van der Waals surface area (Å²) in [5.41, 5.74) is 0. The summed E-state index contributed by atoms with van der Waals surface area (Å²) in [5, 5.41) is 141. The molecule has 0 radical (unpaired) electrons. The Hall–Kier alpha value is -0.840. The quantitative estimate of drug-likeness (QED) is 0.103. The Kier molecular flexibility index (Phi) is 12.8. The molecule has 4 rings (SSSR count). The van der Waals surface area contributed by atoms with Gasteiger partial charge in [0.05, 0.1) is 26.4 Å². The molecule has 0 bridgehead atoms. The normalized spacial score (nSPS) is 52.9. The van der Waals surface area contributed by atoms with Crippen molar-refractivity contribution in [1.82, 2.24) is 0 Å². The lowest BCUT2D eigenvalue weighted by molar-refractivity contribution is -0.346. The molecule has 0 unspecified atom stereocenters. The largest absolute Gasteiger partial charge is 0.394 e. The Morgan fingerprint density at radius 1 is 0.333 bits per heavy atom.